The Balaban J connectivity index is 1.60. The molecule has 0 aromatic carbocycles. The summed E-state index contributed by atoms with van der Waals surface area (Å²) in [4.78, 5) is 31.1. The van der Waals surface area contributed by atoms with Crippen molar-refractivity contribution in [3.8, 4) is 11.5 Å². The summed E-state index contributed by atoms with van der Waals surface area (Å²) in [5.74, 6) is -0.127. The minimum atomic E-state index is -0.849. The average Bonchev–Trinajstić information content (AvgIpc) is 3.32. The van der Waals surface area contributed by atoms with Crippen molar-refractivity contribution in [1.29, 1.82) is 0 Å². The van der Waals surface area contributed by atoms with Gasteiger partial charge < -0.3 is 9.63 Å². The van der Waals surface area contributed by atoms with Crippen LogP contribution >= 0.6 is 11.3 Å². The second-order valence-corrected chi connectivity index (χ2v) is 9.10. The first kappa shape index (κ1) is 18.3. The van der Waals surface area contributed by atoms with E-state index in [9.17, 15) is 14.7 Å². The molecule has 2 unspecified atom stereocenters. The summed E-state index contributed by atoms with van der Waals surface area (Å²) in [6.07, 6.45) is 5.51. The topological polar surface area (TPSA) is 93.3 Å². The largest absolute Gasteiger partial charge is 0.481 e. The maximum atomic E-state index is 13.0. The Morgan fingerprint density at radius 2 is 1.85 bits per heavy atom. The fourth-order valence-corrected chi connectivity index (χ4v) is 5.23. The minimum absolute atomic E-state index is 0.0199. The SMILES string of the molecule is Cc1sc(CC(=O)C2CCCCC2C(=O)O)c(-c2nc(C3CC3)no2)c1C. The van der Waals surface area contributed by atoms with Gasteiger partial charge in [-0.3, -0.25) is 9.59 Å². The zero-order valence-corrected chi connectivity index (χ0v) is 16.5. The van der Waals surface area contributed by atoms with Gasteiger partial charge in [0.1, 0.15) is 5.78 Å². The Hall–Kier alpha value is -2.02. The number of carbonyl (C=O) groups is 2. The number of ketones is 1. The van der Waals surface area contributed by atoms with Gasteiger partial charge in [0.2, 0.25) is 0 Å². The van der Waals surface area contributed by atoms with Crippen molar-refractivity contribution in [1.82, 2.24) is 10.1 Å². The van der Waals surface area contributed by atoms with E-state index in [0.29, 0.717) is 24.7 Å². The molecule has 2 aliphatic rings. The standard InChI is InChI=1S/C20H24N2O4S/c1-10-11(2)27-16(17(10)19-21-18(22-26-19)12-7-8-12)9-15(23)13-5-3-4-6-14(13)20(24)25/h12-14H,3-9H2,1-2H3,(H,24,25). The van der Waals surface area contributed by atoms with E-state index in [4.69, 9.17) is 4.52 Å². The van der Waals surface area contributed by atoms with Crippen molar-refractivity contribution >= 4 is 23.1 Å². The van der Waals surface area contributed by atoms with Crippen LogP contribution in [0.2, 0.25) is 0 Å². The third-order valence-electron chi connectivity index (χ3n) is 5.89. The van der Waals surface area contributed by atoms with Gasteiger partial charge in [-0.05, 0) is 45.1 Å². The Bertz CT molecular complexity index is 881. The first-order chi connectivity index (χ1) is 13.0. The second-order valence-electron chi connectivity index (χ2n) is 7.79. The van der Waals surface area contributed by atoms with E-state index in [1.54, 1.807) is 11.3 Å². The molecule has 144 valence electrons. The third-order valence-corrected chi connectivity index (χ3v) is 7.10. The van der Waals surface area contributed by atoms with E-state index in [2.05, 4.69) is 10.1 Å². The summed E-state index contributed by atoms with van der Waals surface area (Å²) in [6, 6.07) is 0. The Morgan fingerprint density at radius 1 is 1.15 bits per heavy atom. The highest BCUT2D eigenvalue weighted by Crippen LogP contribution is 2.41. The van der Waals surface area contributed by atoms with Crippen LogP contribution in [0.5, 0.6) is 0 Å². The molecule has 2 fully saturated rings. The van der Waals surface area contributed by atoms with E-state index in [0.717, 1.165) is 52.4 Å². The van der Waals surface area contributed by atoms with Crippen LogP contribution in [0.15, 0.2) is 4.52 Å². The number of nitrogens with zero attached hydrogens (tertiary/aromatic N) is 2. The molecule has 7 heteroatoms. The molecular formula is C20H24N2O4S. The molecule has 1 N–H and O–H groups in total. The monoisotopic (exact) mass is 388 g/mol. The van der Waals surface area contributed by atoms with Gasteiger partial charge >= 0.3 is 5.97 Å². The van der Waals surface area contributed by atoms with Crippen molar-refractivity contribution in [3.63, 3.8) is 0 Å². The van der Waals surface area contributed by atoms with Crippen LogP contribution in [-0.2, 0) is 16.0 Å². The van der Waals surface area contributed by atoms with Crippen LogP contribution in [0, 0.1) is 25.7 Å². The molecule has 2 atom stereocenters. The van der Waals surface area contributed by atoms with Crippen molar-refractivity contribution in [3.05, 3.63) is 21.1 Å². The van der Waals surface area contributed by atoms with Gasteiger partial charge in [-0.25, -0.2) is 0 Å². The zero-order valence-electron chi connectivity index (χ0n) is 15.7. The van der Waals surface area contributed by atoms with Crippen LogP contribution in [0.1, 0.15) is 65.6 Å². The lowest BCUT2D eigenvalue weighted by Gasteiger charge is -2.27. The van der Waals surface area contributed by atoms with Gasteiger partial charge in [0.15, 0.2) is 5.82 Å². The van der Waals surface area contributed by atoms with Crippen LogP contribution in [0.25, 0.3) is 11.5 Å². The normalized spacial score (nSPS) is 22.7. The number of thiophene rings is 1. The number of carboxylic acid groups (broad SMARTS) is 1. The maximum Gasteiger partial charge on any atom is 0.307 e. The summed E-state index contributed by atoms with van der Waals surface area (Å²) in [5, 5.41) is 13.6. The van der Waals surface area contributed by atoms with Gasteiger partial charge in [-0.1, -0.05) is 18.0 Å². The van der Waals surface area contributed by atoms with Crippen LogP contribution in [0.3, 0.4) is 0 Å². The van der Waals surface area contributed by atoms with E-state index in [1.165, 1.54) is 0 Å². The number of carboxylic acids is 1. The van der Waals surface area contributed by atoms with Crippen molar-refractivity contribution in [2.75, 3.05) is 0 Å². The molecule has 27 heavy (non-hydrogen) atoms. The van der Waals surface area contributed by atoms with Crippen LogP contribution in [-0.4, -0.2) is 27.0 Å². The van der Waals surface area contributed by atoms with E-state index in [1.807, 2.05) is 13.8 Å². The highest BCUT2D eigenvalue weighted by atomic mass is 32.1. The van der Waals surface area contributed by atoms with E-state index < -0.39 is 17.8 Å². The number of Topliss-reactive ketones (excluding diaryl/α,β-unsaturated/α-hetero) is 1. The van der Waals surface area contributed by atoms with Crippen molar-refractivity contribution in [2.45, 2.75) is 64.7 Å². The molecule has 2 aliphatic carbocycles. The smallest absolute Gasteiger partial charge is 0.307 e. The lowest BCUT2D eigenvalue weighted by atomic mass is 9.76. The number of hydrogen-bond acceptors (Lipinski definition) is 6. The van der Waals surface area contributed by atoms with Gasteiger partial charge in [-0.15, -0.1) is 11.3 Å². The minimum Gasteiger partial charge on any atom is -0.481 e. The number of hydrogen-bond donors (Lipinski definition) is 1. The quantitative estimate of drug-likeness (QED) is 0.793. The van der Waals surface area contributed by atoms with E-state index >= 15 is 0 Å². The fraction of sp³-hybridized carbons (Fsp3) is 0.600. The predicted octanol–water partition coefficient (Wildman–Crippen LogP) is 4.29. The van der Waals surface area contributed by atoms with Crippen molar-refractivity contribution < 1.29 is 19.2 Å². The molecule has 0 bridgehead atoms. The lowest BCUT2D eigenvalue weighted by Crippen LogP contribution is -2.33. The molecule has 2 heterocycles. The molecule has 0 radical (unpaired) electrons. The van der Waals surface area contributed by atoms with E-state index in [-0.39, 0.29) is 12.2 Å². The van der Waals surface area contributed by atoms with Gasteiger partial charge in [-0.2, -0.15) is 4.98 Å². The number of rotatable bonds is 6. The molecule has 4 rings (SSSR count). The number of aliphatic carboxylic acids is 1. The maximum absolute atomic E-state index is 13.0. The first-order valence-electron chi connectivity index (χ1n) is 9.64. The summed E-state index contributed by atoms with van der Waals surface area (Å²) >= 11 is 1.58. The Labute approximate surface area is 162 Å². The van der Waals surface area contributed by atoms with Gasteiger partial charge in [0, 0.05) is 28.0 Å². The number of aromatic nitrogens is 2. The predicted molar refractivity (Wildman–Crippen MR) is 101 cm³/mol. The summed E-state index contributed by atoms with van der Waals surface area (Å²) in [6.45, 7) is 4.03. The highest BCUT2D eigenvalue weighted by molar-refractivity contribution is 7.12. The first-order valence-corrected chi connectivity index (χ1v) is 10.5. The summed E-state index contributed by atoms with van der Waals surface area (Å²) < 4.78 is 5.51. The van der Waals surface area contributed by atoms with Gasteiger partial charge in [0.25, 0.3) is 5.89 Å². The zero-order chi connectivity index (χ0) is 19.1. The Morgan fingerprint density at radius 3 is 2.52 bits per heavy atom. The molecule has 0 spiro atoms. The van der Waals surface area contributed by atoms with Crippen LogP contribution < -0.4 is 0 Å². The molecule has 0 amide bonds. The summed E-state index contributed by atoms with van der Waals surface area (Å²) in [7, 11) is 0. The average molecular weight is 388 g/mol. The number of aryl methyl sites for hydroxylation is 1. The molecule has 0 saturated heterocycles. The molecule has 6 nitrogen and oxygen atoms in total. The second kappa shape index (κ2) is 7.19. The molecule has 2 aromatic heterocycles. The third kappa shape index (κ3) is 3.57. The number of carbonyl (C=O) groups excluding carboxylic acids is 1. The van der Waals surface area contributed by atoms with Crippen molar-refractivity contribution in [2.24, 2.45) is 11.8 Å². The van der Waals surface area contributed by atoms with Crippen LogP contribution in [0.4, 0.5) is 0 Å². The fourth-order valence-electron chi connectivity index (χ4n) is 4.05. The molecule has 2 aromatic rings. The summed E-state index contributed by atoms with van der Waals surface area (Å²) in [5.41, 5.74) is 1.93. The molecule has 0 aliphatic heterocycles. The lowest BCUT2D eigenvalue weighted by molar-refractivity contribution is -0.148. The molecular weight excluding hydrogens is 364 g/mol. The highest BCUT2D eigenvalue weighted by Gasteiger charge is 2.36. The molecule has 2 saturated carbocycles. The van der Waals surface area contributed by atoms with Gasteiger partial charge in [0.05, 0.1) is 11.5 Å². The Kier molecular flexibility index (Phi) is 4.88.